The number of hydrogen-bond acceptors (Lipinski definition) is 2. The Kier molecular flexibility index (Phi) is 4.59. The molecule has 0 bridgehead atoms. The van der Waals surface area contributed by atoms with Gasteiger partial charge in [-0.15, -0.1) is 0 Å². The molecule has 0 saturated heterocycles. The zero-order valence-corrected chi connectivity index (χ0v) is 7.93. The molecule has 1 atom stereocenters. The van der Waals surface area contributed by atoms with E-state index in [1.165, 1.54) is 12.8 Å². The van der Waals surface area contributed by atoms with E-state index in [9.17, 15) is 8.78 Å². The van der Waals surface area contributed by atoms with Crippen LogP contribution in [0.1, 0.15) is 25.7 Å². The molecule has 2 nitrogen and oxygen atoms in total. The molecule has 1 aliphatic carbocycles. The molecule has 0 aromatic rings. The Labute approximate surface area is 77.6 Å². The smallest absolute Gasteiger partial charge is 0.321 e. The van der Waals surface area contributed by atoms with Crippen molar-refractivity contribution in [3.8, 4) is 0 Å². The van der Waals surface area contributed by atoms with Crippen molar-refractivity contribution in [2.24, 2.45) is 5.92 Å². The lowest BCUT2D eigenvalue weighted by Crippen LogP contribution is -2.37. The predicted octanol–water partition coefficient (Wildman–Crippen LogP) is 2.00. The van der Waals surface area contributed by atoms with Crippen molar-refractivity contribution in [1.82, 2.24) is 5.32 Å². The van der Waals surface area contributed by atoms with Gasteiger partial charge in [0.25, 0.3) is 0 Å². The van der Waals surface area contributed by atoms with Crippen molar-refractivity contribution in [3.05, 3.63) is 0 Å². The second-order valence-corrected chi connectivity index (χ2v) is 3.53. The van der Waals surface area contributed by atoms with Gasteiger partial charge >= 0.3 is 6.61 Å². The Morgan fingerprint density at radius 1 is 1.38 bits per heavy atom. The Balaban J connectivity index is 2.24. The molecule has 0 spiro atoms. The highest BCUT2D eigenvalue weighted by molar-refractivity contribution is 4.79. The number of likely N-dealkylation sites (N-methyl/N-ethyl adjacent to an activating group) is 1. The topological polar surface area (TPSA) is 21.3 Å². The molecule has 0 heterocycles. The fourth-order valence-electron chi connectivity index (χ4n) is 1.99. The van der Waals surface area contributed by atoms with Crippen LogP contribution in [0.15, 0.2) is 0 Å². The summed E-state index contributed by atoms with van der Waals surface area (Å²) in [4.78, 5) is 0. The number of rotatable bonds is 5. The van der Waals surface area contributed by atoms with Crippen LogP contribution in [0.3, 0.4) is 0 Å². The second-order valence-electron chi connectivity index (χ2n) is 3.53. The lowest BCUT2D eigenvalue weighted by Gasteiger charge is -2.22. The molecule has 4 heteroatoms. The van der Waals surface area contributed by atoms with Crippen molar-refractivity contribution < 1.29 is 13.5 Å². The predicted molar refractivity (Wildman–Crippen MR) is 46.8 cm³/mol. The number of halogens is 2. The molecule has 0 amide bonds. The largest absolute Gasteiger partial charge is 0.345 e. The molecule has 1 saturated carbocycles. The van der Waals surface area contributed by atoms with E-state index in [0.29, 0.717) is 5.92 Å². The van der Waals surface area contributed by atoms with Gasteiger partial charge in [0.15, 0.2) is 0 Å². The minimum absolute atomic E-state index is 0.0940. The zero-order valence-electron chi connectivity index (χ0n) is 7.93. The van der Waals surface area contributed by atoms with E-state index >= 15 is 0 Å². The van der Waals surface area contributed by atoms with E-state index in [4.69, 9.17) is 0 Å². The van der Waals surface area contributed by atoms with E-state index in [1.807, 2.05) is 0 Å². The Hall–Kier alpha value is -0.220. The summed E-state index contributed by atoms with van der Waals surface area (Å²) < 4.78 is 27.8. The maximum absolute atomic E-state index is 11.8. The van der Waals surface area contributed by atoms with Gasteiger partial charge in [-0.1, -0.05) is 12.8 Å². The first-order valence-electron chi connectivity index (χ1n) is 4.81. The van der Waals surface area contributed by atoms with Gasteiger partial charge < -0.3 is 10.1 Å². The Morgan fingerprint density at radius 2 is 2.00 bits per heavy atom. The second kappa shape index (κ2) is 5.50. The first-order chi connectivity index (χ1) is 6.24. The van der Waals surface area contributed by atoms with E-state index < -0.39 is 6.61 Å². The third kappa shape index (κ3) is 3.56. The summed E-state index contributed by atoms with van der Waals surface area (Å²) in [6.45, 7) is -2.52. The highest BCUT2D eigenvalue weighted by Crippen LogP contribution is 2.27. The Bertz CT molecular complexity index is 138. The van der Waals surface area contributed by atoms with Crippen molar-refractivity contribution in [2.45, 2.75) is 38.3 Å². The fourth-order valence-corrected chi connectivity index (χ4v) is 1.99. The summed E-state index contributed by atoms with van der Waals surface area (Å²) in [6, 6.07) is 0.0940. The van der Waals surface area contributed by atoms with Gasteiger partial charge in [-0.05, 0) is 25.8 Å². The molecule has 1 fully saturated rings. The average molecular weight is 193 g/mol. The van der Waals surface area contributed by atoms with Crippen molar-refractivity contribution in [3.63, 3.8) is 0 Å². The molecule has 1 N–H and O–H groups in total. The van der Waals surface area contributed by atoms with Gasteiger partial charge in [0.1, 0.15) is 0 Å². The van der Waals surface area contributed by atoms with Gasteiger partial charge in [0.2, 0.25) is 0 Å². The highest BCUT2D eigenvalue weighted by Gasteiger charge is 2.24. The monoisotopic (exact) mass is 193 g/mol. The molecule has 0 aliphatic heterocycles. The number of ether oxygens (including phenoxy) is 1. The normalized spacial score (nSPS) is 21.2. The lowest BCUT2D eigenvalue weighted by molar-refractivity contribution is -0.136. The first kappa shape index (κ1) is 10.9. The summed E-state index contributed by atoms with van der Waals surface area (Å²) in [5.74, 6) is 0.517. The minimum atomic E-state index is -2.64. The molecule has 1 unspecified atom stereocenters. The minimum Gasteiger partial charge on any atom is -0.321 e. The maximum Gasteiger partial charge on any atom is 0.345 e. The van der Waals surface area contributed by atoms with Gasteiger partial charge in [0, 0.05) is 6.04 Å². The number of alkyl halides is 2. The van der Waals surface area contributed by atoms with Gasteiger partial charge in [0.05, 0.1) is 6.61 Å². The molecule has 1 aliphatic rings. The maximum atomic E-state index is 11.8. The third-order valence-electron chi connectivity index (χ3n) is 2.74. The number of hydrogen-bond donors (Lipinski definition) is 1. The van der Waals surface area contributed by atoms with Crippen LogP contribution in [0.4, 0.5) is 8.78 Å². The molecule has 0 radical (unpaired) electrons. The van der Waals surface area contributed by atoms with E-state index in [-0.39, 0.29) is 12.6 Å². The Morgan fingerprint density at radius 3 is 2.46 bits per heavy atom. The van der Waals surface area contributed by atoms with Crippen LogP contribution in [0.2, 0.25) is 0 Å². The summed E-state index contributed by atoms with van der Waals surface area (Å²) in [5.41, 5.74) is 0. The summed E-state index contributed by atoms with van der Waals surface area (Å²) in [6.07, 6.45) is 4.71. The van der Waals surface area contributed by atoms with Crippen LogP contribution in [0.5, 0.6) is 0 Å². The van der Waals surface area contributed by atoms with Crippen molar-refractivity contribution >= 4 is 0 Å². The molecular weight excluding hydrogens is 176 g/mol. The van der Waals surface area contributed by atoms with E-state index in [0.717, 1.165) is 12.8 Å². The van der Waals surface area contributed by atoms with Crippen LogP contribution in [-0.4, -0.2) is 26.3 Å². The van der Waals surface area contributed by atoms with Crippen LogP contribution in [0.25, 0.3) is 0 Å². The molecule has 13 heavy (non-hydrogen) atoms. The fraction of sp³-hybridized carbons (Fsp3) is 1.00. The van der Waals surface area contributed by atoms with Gasteiger partial charge in [-0.2, -0.15) is 8.78 Å². The molecule has 0 aromatic carbocycles. The molecule has 1 rings (SSSR count). The average Bonchev–Trinajstić information content (AvgIpc) is 2.58. The quantitative estimate of drug-likeness (QED) is 0.721. The molecule has 78 valence electrons. The van der Waals surface area contributed by atoms with Crippen LogP contribution >= 0.6 is 0 Å². The van der Waals surface area contributed by atoms with Crippen molar-refractivity contribution in [2.75, 3.05) is 13.7 Å². The summed E-state index contributed by atoms with van der Waals surface area (Å²) in [5, 5.41) is 3.04. The van der Waals surface area contributed by atoms with Gasteiger partial charge in [-0.3, -0.25) is 0 Å². The molecule has 0 aromatic heterocycles. The van der Waals surface area contributed by atoms with Gasteiger partial charge in [-0.25, -0.2) is 0 Å². The highest BCUT2D eigenvalue weighted by atomic mass is 19.3. The van der Waals surface area contributed by atoms with Crippen LogP contribution < -0.4 is 5.32 Å². The van der Waals surface area contributed by atoms with E-state index in [1.54, 1.807) is 7.05 Å². The molecular formula is C9H17F2NO. The lowest BCUT2D eigenvalue weighted by atomic mass is 9.99. The SMILES string of the molecule is CNC(COC(F)F)C1CCCC1. The van der Waals surface area contributed by atoms with Crippen LogP contribution in [-0.2, 0) is 4.74 Å². The summed E-state index contributed by atoms with van der Waals surface area (Å²) >= 11 is 0. The van der Waals surface area contributed by atoms with Crippen LogP contribution in [0, 0.1) is 5.92 Å². The third-order valence-corrected chi connectivity index (χ3v) is 2.74. The first-order valence-corrected chi connectivity index (χ1v) is 4.81. The standard InChI is InChI=1S/C9H17F2NO/c1-12-8(6-13-9(10)11)7-4-2-3-5-7/h7-9,12H,2-6H2,1H3. The number of nitrogens with one attached hydrogen (secondary N) is 1. The van der Waals surface area contributed by atoms with Crippen molar-refractivity contribution in [1.29, 1.82) is 0 Å². The zero-order chi connectivity index (χ0) is 9.68. The summed E-state index contributed by atoms with van der Waals surface area (Å²) in [7, 11) is 1.80. The van der Waals surface area contributed by atoms with E-state index in [2.05, 4.69) is 10.1 Å².